The predicted octanol–water partition coefficient (Wildman–Crippen LogP) is 3.32. The van der Waals surface area contributed by atoms with Crippen molar-refractivity contribution in [2.75, 3.05) is 25.7 Å². The number of sulfone groups is 1. The molecule has 1 unspecified atom stereocenters. The van der Waals surface area contributed by atoms with Crippen LogP contribution in [0.5, 0.6) is 5.75 Å². The second-order valence-electron chi connectivity index (χ2n) is 11.4. The van der Waals surface area contributed by atoms with Crippen LogP contribution in [0.2, 0.25) is 0 Å². The smallest absolute Gasteiger partial charge is 0.333 e. The molecule has 15 heteroatoms. The van der Waals surface area contributed by atoms with Crippen LogP contribution in [-0.2, 0) is 31.5 Å². The van der Waals surface area contributed by atoms with E-state index in [1.54, 1.807) is 30.1 Å². The fourth-order valence-corrected chi connectivity index (χ4v) is 6.55. The molecule has 0 fully saturated rings. The van der Waals surface area contributed by atoms with Crippen LogP contribution in [0.4, 0.5) is 4.39 Å². The first-order valence-corrected chi connectivity index (χ1v) is 17.2. The van der Waals surface area contributed by atoms with Crippen LogP contribution in [0.15, 0.2) is 46.2 Å². The molecule has 45 heavy (non-hydrogen) atoms. The summed E-state index contributed by atoms with van der Waals surface area (Å²) >= 11 is 1.15. The van der Waals surface area contributed by atoms with Crippen molar-refractivity contribution in [3.8, 4) is 10.8 Å². The average molecular weight is 664 g/mol. The van der Waals surface area contributed by atoms with Gasteiger partial charge in [-0.3, -0.25) is 14.2 Å². The number of methoxy groups -OCH3 is 1. The van der Waals surface area contributed by atoms with Gasteiger partial charge >= 0.3 is 5.69 Å². The molecule has 0 saturated heterocycles. The predicted molar refractivity (Wildman–Crippen MR) is 171 cm³/mol. The second-order valence-corrected chi connectivity index (χ2v) is 14.7. The van der Waals surface area contributed by atoms with Gasteiger partial charge < -0.3 is 14.8 Å². The minimum Gasteiger partial charge on any atom is -0.496 e. The molecule has 4 rings (SSSR count). The SMILES string of the molecule is CCC(C)NC(=O)C(C)(C)n1c(=O)c2c(C)c(-n3cccn3)sc2n(C[C@H](OCCS(C)(=O)=O)c2cc(F)ccc2OC)c1=O. The lowest BCUT2D eigenvalue weighted by Gasteiger charge is -2.29. The molecule has 0 spiro atoms. The molecule has 0 aliphatic rings. The second kappa shape index (κ2) is 13.3. The van der Waals surface area contributed by atoms with Crippen LogP contribution in [0, 0.1) is 12.7 Å². The monoisotopic (exact) mass is 663 g/mol. The first-order chi connectivity index (χ1) is 21.1. The number of hydrogen-bond donors (Lipinski definition) is 1. The maximum Gasteiger partial charge on any atom is 0.333 e. The van der Waals surface area contributed by atoms with Gasteiger partial charge in [0.25, 0.3) is 5.56 Å². The summed E-state index contributed by atoms with van der Waals surface area (Å²) in [6, 6.07) is 5.32. The Morgan fingerprint density at radius 2 is 1.96 bits per heavy atom. The van der Waals surface area contributed by atoms with Gasteiger partial charge in [-0.25, -0.2) is 26.9 Å². The Hall–Kier alpha value is -3.82. The number of aromatic nitrogens is 4. The molecule has 0 aliphatic heterocycles. The lowest BCUT2D eigenvalue weighted by atomic mass is 10.0. The summed E-state index contributed by atoms with van der Waals surface area (Å²) in [7, 11) is -2.02. The largest absolute Gasteiger partial charge is 0.496 e. The van der Waals surface area contributed by atoms with Crippen molar-refractivity contribution in [3.05, 3.63) is 74.4 Å². The minimum atomic E-state index is -3.42. The molecule has 244 valence electrons. The van der Waals surface area contributed by atoms with Crippen LogP contribution in [-0.4, -0.2) is 65.0 Å². The lowest BCUT2D eigenvalue weighted by Crippen LogP contribution is -2.57. The van der Waals surface area contributed by atoms with E-state index in [9.17, 15) is 27.2 Å². The highest BCUT2D eigenvalue weighted by Gasteiger charge is 2.36. The van der Waals surface area contributed by atoms with Crippen molar-refractivity contribution in [1.82, 2.24) is 24.2 Å². The van der Waals surface area contributed by atoms with Crippen molar-refractivity contribution in [2.45, 2.75) is 65.3 Å². The van der Waals surface area contributed by atoms with Gasteiger partial charge in [0.1, 0.15) is 42.9 Å². The number of amides is 1. The molecule has 1 amide bonds. The molecule has 0 radical (unpaired) electrons. The van der Waals surface area contributed by atoms with E-state index in [4.69, 9.17) is 9.47 Å². The number of ether oxygens (including phenoxy) is 2. The molecular weight excluding hydrogens is 625 g/mol. The molecule has 1 N–H and O–H groups in total. The maximum atomic E-state index is 14.6. The van der Waals surface area contributed by atoms with E-state index in [2.05, 4.69) is 10.4 Å². The van der Waals surface area contributed by atoms with Gasteiger partial charge in [-0.15, -0.1) is 0 Å². The highest BCUT2D eigenvalue weighted by molar-refractivity contribution is 7.90. The third kappa shape index (κ3) is 7.05. The number of carbonyl (C=O) groups is 1. The molecule has 3 heterocycles. The number of carbonyl (C=O) groups excluding carboxylic acids is 1. The fourth-order valence-electron chi connectivity index (χ4n) is 4.91. The highest BCUT2D eigenvalue weighted by atomic mass is 32.2. The number of rotatable bonds is 13. The molecule has 0 saturated carbocycles. The van der Waals surface area contributed by atoms with Crippen molar-refractivity contribution in [2.24, 2.45) is 0 Å². The van der Waals surface area contributed by atoms with Crippen LogP contribution in [0.3, 0.4) is 0 Å². The van der Waals surface area contributed by atoms with Gasteiger partial charge in [0.05, 0.1) is 31.4 Å². The molecular formula is C30H38FN5O7S2. The maximum absolute atomic E-state index is 14.6. The van der Waals surface area contributed by atoms with E-state index < -0.39 is 44.5 Å². The highest BCUT2D eigenvalue weighted by Crippen LogP contribution is 2.34. The first-order valence-electron chi connectivity index (χ1n) is 14.3. The molecule has 3 aromatic heterocycles. The summed E-state index contributed by atoms with van der Waals surface area (Å²) in [5.74, 6) is -1.18. The van der Waals surface area contributed by atoms with Gasteiger partial charge in [-0.1, -0.05) is 18.3 Å². The zero-order valence-corrected chi connectivity index (χ0v) is 27.9. The van der Waals surface area contributed by atoms with Crippen LogP contribution in [0.25, 0.3) is 15.2 Å². The molecule has 2 atom stereocenters. The van der Waals surface area contributed by atoms with Gasteiger partial charge in [0.2, 0.25) is 5.91 Å². The van der Waals surface area contributed by atoms with E-state index >= 15 is 0 Å². The molecule has 4 aromatic rings. The summed E-state index contributed by atoms with van der Waals surface area (Å²) in [5, 5.41) is 7.95. The van der Waals surface area contributed by atoms with E-state index in [1.165, 1.54) is 43.7 Å². The molecule has 12 nitrogen and oxygen atoms in total. The standard InChI is InChI=1S/C30H38FN5O7S2/c1-8-18(2)33-28(38)30(4,5)36-25(37)24-19(3)26(35-13-9-12-32-35)44-27(24)34(29(36)39)17-23(43-14-15-45(7,40)41)21-16-20(31)10-11-22(21)42-6/h9-13,16,18,23H,8,14-15,17H2,1-7H3,(H,33,38)/t18?,23-/m0/s1. The molecule has 0 bridgehead atoms. The van der Waals surface area contributed by atoms with Crippen molar-refractivity contribution < 1.29 is 27.1 Å². The minimum absolute atomic E-state index is 0.204. The zero-order chi connectivity index (χ0) is 33.3. The lowest BCUT2D eigenvalue weighted by molar-refractivity contribution is -0.129. The van der Waals surface area contributed by atoms with E-state index in [0.29, 0.717) is 17.0 Å². The van der Waals surface area contributed by atoms with E-state index in [-0.39, 0.29) is 46.5 Å². The summed E-state index contributed by atoms with van der Waals surface area (Å²) in [4.78, 5) is 42.4. The first kappa shape index (κ1) is 34.1. The Kier molecular flexibility index (Phi) is 10.0. The van der Waals surface area contributed by atoms with Gasteiger partial charge in [-0.05, 0) is 58.4 Å². The van der Waals surface area contributed by atoms with Crippen molar-refractivity contribution in [1.29, 1.82) is 0 Å². The summed E-state index contributed by atoms with van der Waals surface area (Å²) < 4.78 is 53.7. The Labute approximate surface area is 264 Å². The number of thiophene rings is 1. The number of benzene rings is 1. The third-order valence-electron chi connectivity index (χ3n) is 7.66. The van der Waals surface area contributed by atoms with Crippen LogP contribution < -0.4 is 21.3 Å². The van der Waals surface area contributed by atoms with Crippen LogP contribution >= 0.6 is 11.3 Å². The summed E-state index contributed by atoms with van der Waals surface area (Å²) in [5.41, 5.74) is -2.28. The number of halogens is 1. The zero-order valence-electron chi connectivity index (χ0n) is 26.3. The van der Waals surface area contributed by atoms with Gasteiger partial charge in [-0.2, -0.15) is 5.10 Å². The normalized spacial score (nSPS) is 13.6. The summed E-state index contributed by atoms with van der Waals surface area (Å²) in [6.07, 6.45) is 3.90. The number of aryl methyl sites for hydroxylation is 1. The van der Waals surface area contributed by atoms with Crippen LogP contribution in [0.1, 0.15) is 51.3 Å². The van der Waals surface area contributed by atoms with Gasteiger partial charge in [0, 0.05) is 35.8 Å². The third-order valence-corrected chi connectivity index (χ3v) is 9.88. The van der Waals surface area contributed by atoms with Crippen molar-refractivity contribution in [3.63, 3.8) is 0 Å². The van der Waals surface area contributed by atoms with Gasteiger partial charge in [0.15, 0.2) is 0 Å². The van der Waals surface area contributed by atoms with E-state index in [1.807, 2.05) is 13.8 Å². The Bertz CT molecular complexity index is 1930. The topological polar surface area (TPSA) is 144 Å². The average Bonchev–Trinajstić information content (AvgIpc) is 3.61. The Balaban J connectivity index is 2.01. The quantitative estimate of drug-likeness (QED) is 0.230. The Morgan fingerprint density at radius 1 is 1.24 bits per heavy atom. The number of nitrogens with one attached hydrogen (secondary N) is 1. The number of fused-ring (bicyclic) bond motifs is 1. The number of hydrogen-bond acceptors (Lipinski definition) is 9. The molecule has 0 aliphatic carbocycles. The van der Waals surface area contributed by atoms with E-state index in [0.717, 1.165) is 22.2 Å². The Morgan fingerprint density at radius 3 is 2.56 bits per heavy atom. The number of nitrogens with zero attached hydrogens (tertiary/aromatic N) is 4. The van der Waals surface area contributed by atoms with Crippen molar-refractivity contribution >= 4 is 37.3 Å². The fraction of sp³-hybridized carbons (Fsp3) is 0.467. The summed E-state index contributed by atoms with van der Waals surface area (Å²) in [6.45, 7) is 7.93. The molecule has 1 aromatic carbocycles.